The highest BCUT2D eigenvalue weighted by Gasteiger charge is 2.24. The zero-order chi connectivity index (χ0) is 13.8. The number of hydrogen-bond acceptors (Lipinski definition) is 5. The SMILES string of the molecule is Cc1csc(C(C)NC(=O)C(C)N2CCNCC2)n1. The van der Waals surface area contributed by atoms with E-state index in [1.165, 1.54) is 0 Å². The number of aryl methyl sites for hydroxylation is 1. The van der Waals surface area contributed by atoms with Crippen LogP contribution in [-0.4, -0.2) is 48.0 Å². The Labute approximate surface area is 118 Å². The van der Waals surface area contributed by atoms with Gasteiger partial charge in [-0.2, -0.15) is 0 Å². The van der Waals surface area contributed by atoms with Crippen LogP contribution in [0.15, 0.2) is 5.38 Å². The average Bonchev–Trinajstić information content (AvgIpc) is 2.85. The molecule has 0 saturated carbocycles. The molecule has 1 aliphatic heterocycles. The van der Waals surface area contributed by atoms with Gasteiger partial charge in [0.05, 0.1) is 12.1 Å². The maximum absolute atomic E-state index is 12.2. The molecular weight excluding hydrogens is 260 g/mol. The van der Waals surface area contributed by atoms with Crippen LogP contribution in [0.25, 0.3) is 0 Å². The van der Waals surface area contributed by atoms with Crippen molar-refractivity contribution in [2.45, 2.75) is 32.9 Å². The summed E-state index contributed by atoms with van der Waals surface area (Å²) < 4.78 is 0. The monoisotopic (exact) mass is 282 g/mol. The highest BCUT2D eigenvalue weighted by molar-refractivity contribution is 7.09. The lowest BCUT2D eigenvalue weighted by molar-refractivity contribution is -0.126. The first kappa shape index (κ1) is 14.4. The van der Waals surface area contributed by atoms with Gasteiger partial charge in [0.15, 0.2) is 0 Å². The molecule has 2 heterocycles. The Morgan fingerprint density at radius 3 is 2.74 bits per heavy atom. The van der Waals surface area contributed by atoms with E-state index in [2.05, 4.69) is 20.5 Å². The van der Waals surface area contributed by atoms with Gasteiger partial charge in [0, 0.05) is 37.3 Å². The fourth-order valence-corrected chi connectivity index (χ4v) is 3.01. The molecule has 106 valence electrons. The molecule has 1 aromatic heterocycles. The maximum atomic E-state index is 12.2. The van der Waals surface area contributed by atoms with Crippen LogP contribution in [-0.2, 0) is 4.79 Å². The van der Waals surface area contributed by atoms with Crippen LogP contribution in [0, 0.1) is 6.92 Å². The van der Waals surface area contributed by atoms with Crippen LogP contribution in [0.5, 0.6) is 0 Å². The number of hydrogen-bond donors (Lipinski definition) is 2. The maximum Gasteiger partial charge on any atom is 0.237 e. The van der Waals surface area contributed by atoms with E-state index in [0.717, 1.165) is 36.9 Å². The zero-order valence-electron chi connectivity index (χ0n) is 11.8. The van der Waals surface area contributed by atoms with Crippen LogP contribution >= 0.6 is 11.3 Å². The molecule has 19 heavy (non-hydrogen) atoms. The van der Waals surface area contributed by atoms with Crippen molar-refractivity contribution < 1.29 is 4.79 Å². The molecule has 0 spiro atoms. The largest absolute Gasteiger partial charge is 0.346 e. The van der Waals surface area contributed by atoms with Crippen molar-refractivity contribution in [2.24, 2.45) is 0 Å². The zero-order valence-corrected chi connectivity index (χ0v) is 12.6. The molecule has 2 N–H and O–H groups in total. The molecular formula is C13H22N4OS. The first-order valence-electron chi connectivity index (χ1n) is 6.75. The quantitative estimate of drug-likeness (QED) is 0.862. The van der Waals surface area contributed by atoms with Gasteiger partial charge in [-0.15, -0.1) is 11.3 Å². The van der Waals surface area contributed by atoms with E-state index in [9.17, 15) is 4.79 Å². The number of carbonyl (C=O) groups is 1. The first-order valence-corrected chi connectivity index (χ1v) is 7.63. The van der Waals surface area contributed by atoms with E-state index in [4.69, 9.17) is 0 Å². The van der Waals surface area contributed by atoms with Gasteiger partial charge < -0.3 is 10.6 Å². The second-order valence-corrected chi connectivity index (χ2v) is 5.91. The highest BCUT2D eigenvalue weighted by Crippen LogP contribution is 2.17. The molecule has 1 aromatic rings. The number of nitrogens with one attached hydrogen (secondary N) is 2. The lowest BCUT2D eigenvalue weighted by atomic mass is 10.2. The Morgan fingerprint density at radius 1 is 1.47 bits per heavy atom. The Balaban J connectivity index is 1.89. The first-order chi connectivity index (χ1) is 9.08. The third-order valence-corrected chi connectivity index (χ3v) is 4.59. The Hall–Kier alpha value is -0.980. The Kier molecular flexibility index (Phi) is 4.90. The molecule has 2 rings (SSSR count). The summed E-state index contributed by atoms with van der Waals surface area (Å²) >= 11 is 1.60. The van der Waals surface area contributed by atoms with Crippen molar-refractivity contribution in [3.05, 3.63) is 16.1 Å². The van der Waals surface area contributed by atoms with Crippen molar-refractivity contribution in [3.63, 3.8) is 0 Å². The van der Waals surface area contributed by atoms with Crippen LogP contribution in [0.3, 0.4) is 0 Å². The number of piperazine rings is 1. The lowest BCUT2D eigenvalue weighted by Crippen LogP contribution is -2.52. The van der Waals surface area contributed by atoms with Gasteiger partial charge in [-0.05, 0) is 20.8 Å². The van der Waals surface area contributed by atoms with E-state index >= 15 is 0 Å². The predicted molar refractivity (Wildman–Crippen MR) is 77.3 cm³/mol. The van der Waals surface area contributed by atoms with Crippen molar-refractivity contribution in [1.82, 2.24) is 20.5 Å². The average molecular weight is 282 g/mol. The van der Waals surface area contributed by atoms with Gasteiger partial charge in [-0.1, -0.05) is 0 Å². The van der Waals surface area contributed by atoms with Gasteiger partial charge >= 0.3 is 0 Å². The van der Waals surface area contributed by atoms with Crippen molar-refractivity contribution >= 4 is 17.2 Å². The van der Waals surface area contributed by atoms with Crippen molar-refractivity contribution in [3.8, 4) is 0 Å². The summed E-state index contributed by atoms with van der Waals surface area (Å²) in [7, 11) is 0. The predicted octanol–water partition coefficient (Wildman–Crippen LogP) is 0.922. The summed E-state index contributed by atoms with van der Waals surface area (Å²) in [5.74, 6) is 0.0854. The van der Waals surface area contributed by atoms with Crippen LogP contribution in [0.1, 0.15) is 30.6 Å². The molecule has 5 nitrogen and oxygen atoms in total. The number of carbonyl (C=O) groups excluding carboxylic acids is 1. The number of aromatic nitrogens is 1. The van der Waals surface area contributed by atoms with Gasteiger partial charge in [0.1, 0.15) is 5.01 Å². The normalized spacial score (nSPS) is 19.9. The number of thiazole rings is 1. The van der Waals surface area contributed by atoms with Crippen LogP contribution in [0.4, 0.5) is 0 Å². The van der Waals surface area contributed by atoms with E-state index in [0.29, 0.717) is 0 Å². The van der Waals surface area contributed by atoms with E-state index < -0.39 is 0 Å². The highest BCUT2D eigenvalue weighted by atomic mass is 32.1. The second kappa shape index (κ2) is 6.45. The summed E-state index contributed by atoms with van der Waals surface area (Å²) in [6, 6.07) is -0.0952. The van der Waals surface area contributed by atoms with Gasteiger partial charge in [0.25, 0.3) is 0 Å². The Bertz CT molecular complexity index is 428. The van der Waals surface area contributed by atoms with Crippen LogP contribution < -0.4 is 10.6 Å². The summed E-state index contributed by atoms with van der Waals surface area (Å²) in [4.78, 5) is 18.9. The van der Waals surface area contributed by atoms with Crippen LogP contribution in [0.2, 0.25) is 0 Å². The van der Waals surface area contributed by atoms with E-state index in [1.807, 2.05) is 26.2 Å². The minimum atomic E-state index is -0.0781. The molecule has 1 aliphatic rings. The topological polar surface area (TPSA) is 57.3 Å². The molecule has 1 saturated heterocycles. The smallest absolute Gasteiger partial charge is 0.237 e. The lowest BCUT2D eigenvalue weighted by Gasteiger charge is -2.32. The third kappa shape index (κ3) is 3.75. The summed E-state index contributed by atoms with van der Waals surface area (Å²) in [6.45, 7) is 9.70. The van der Waals surface area contributed by atoms with Crippen molar-refractivity contribution in [2.75, 3.05) is 26.2 Å². The molecule has 1 amide bonds. The molecule has 1 fully saturated rings. The number of nitrogens with zero attached hydrogens (tertiary/aromatic N) is 2. The van der Waals surface area contributed by atoms with Gasteiger partial charge in [-0.25, -0.2) is 4.98 Å². The molecule has 2 unspecified atom stereocenters. The molecule has 0 aromatic carbocycles. The van der Waals surface area contributed by atoms with E-state index in [-0.39, 0.29) is 18.0 Å². The molecule has 0 aliphatic carbocycles. The summed E-state index contributed by atoms with van der Waals surface area (Å²) in [5.41, 5.74) is 1.01. The summed E-state index contributed by atoms with van der Waals surface area (Å²) in [6.07, 6.45) is 0. The minimum Gasteiger partial charge on any atom is -0.346 e. The van der Waals surface area contributed by atoms with E-state index in [1.54, 1.807) is 11.3 Å². The second-order valence-electron chi connectivity index (χ2n) is 5.02. The van der Waals surface area contributed by atoms with Crippen molar-refractivity contribution in [1.29, 1.82) is 0 Å². The molecule has 6 heteroatoms. The number of rotatable bonds is 4. The fraction of sp³-hybridized carbons (Fsp3) is 0.692. The molecule has 2 atom stereocenters. The summed E-state index contributed by atoms with van der Waals surface area (Å²) in [5, 5.41) is 9.33. The molecule has 0 radical (unpaired) electrons. The Morgan fingerprint density at radius 2 is 2.16 bits per heavy atom. The van der Waals surface area contributed by atoms with Gasteiger partial charge in [-0.3, -0.25) is 9.69 Å². The van der Waals surface area contributed by atoms with Gasteiger partial charge in [0.2, 0.25) is 5.91 Å². The third-order valence-electron chi connectivity index (χ3n) is 3.44. The number of amides is 1. The standard InChI is InChI=1S/C13H22N4OS/c1-9-8-19-13(15-9)10(2)16-12(18)11(3)17-6-4-14-5-7-17/h8,10-11,14H,4-7H2,1-3H3,(H,16,18). The fourth-order valence-electron chi connectivity index (χ4n) is 2.20. The molecule has 0 bridgehead atoms. The minimum absolute atomic E-state index is 0.0171.